The summed E-state index contributed by atoms with van der Waals surface area (Å²) in [5.74, 6) is -0.276. The molecule has 0 saturated carbocycles. The normalized spacial score (nSPS) is 12.9. The van der Waals surface area contributed by atoms with E-state index >= 15 is 0 Å². The summed E-state index contributed by atoms with van der Waals surface area (Å²) >= 11 is 6.09. The number of nitrogens with one attached hydrogen (secondary N) is 2. The van der Waals surface area contributed by atoms with Crippen LogP contribution in [0.3, 0.4) is 0 Å². The van der Waals surface area contributed by atoms with Crippen LogP contribution in [0.4, 0.5) is 5.69 Å². The summed E-state index contributed by atoms with van der Waals surface area (Å²) in [6.07, 6.45) is 2.48. The zero-order valence-corrected chi connectivity index (χ0v) is 19.5. The van der Waals surface area contributed by atoms with Crippen LogP contribution >= 0.6 is 11.6 Å². The molecule has 0 aromatic heterocycles. The number of phenolic OH excluding ortho intramolecular Hbond substituents is 1. The molecule has 2 atom stereocenters. The van der Waals surface area contributed by atoms with Gasteiger partial charge in [0.15, 0.2) is 5.78 Å². The van der Waals surface area contributed by atoms with Crippen molar-refractivity contribution in [3.05, 3.63) is 101 Å². The first kappa shape index (κ1) is 25.2. The second kappa shape index (κ2) is 12.1. The van der Waals surface area contributed by atoms with Gasteiger partial charge in [0.2, 0.25) is 5.91 Å². The van der Waals surface area contributed by atoms with E-state index in [1.165, 1.54) is 18.2 Å². The number of phenols is 1. The molecule has 0 spiro atoms. The summed E-state index contributed by atoms with van der Waals surface area (Å²) in [5.41, 5.74) is 2.42. The van der Waals surface area contributed by atoms with Gasteiger partial charge in [-0.15, -0.1) is 0 Å². The molecule has 6 nitrogen and oxygen atoms in total. The number of aromatic hydroxyl groups is 1. The molecule has 0 fully saturated rings. The van der Waals surface area contributed by atoms with Gasteiger partial charge in [0.05, 0.1) is 6.10 Å². The molecule has 0 heterocycles. The van der Waals surface area contributed by atoms with E-state index < -0.39 is 6.10 Å². The molecule has 0 aliphatic rings. The lowest BCUT2D eigenvalue weighted by molar-refractivity contribution is -0.111. The van der Waals surface area contributed by atoms with E-state index in [4.69, 9.17) is 11.6 Å². The van der Waals surface area contributed by atoms with E-state index in [0.717, 1.165) is 5.56 Å². The minimum Gasteiger partial charge on any atom is -0.508 e. The number of aliphatic hydroxyl groups is 1. The van der Waals surface area contributed by atoms with Crippen LogP contribution in [0.25, 0.3) is 6.08 Å². The first-order valence-corrected chi connectivity index (χ1v) is 11.3. The fraction of sp³-hybridized carbons (Fsp3) is 0.185. The molecule has 176 valence electrons. The Kier molecular flexibility index (Phi) is 8.99. The number of benzene rings is 3. The Balaban J connectivity index is 1.50. The predicted molar refractivity (Wildman–Crippen MR) is 135 cm³/mol. The number of Topliss-reactive ketones (excluding diaryl/α,β-unsaturated/α-hetero) is 1. The smallest absolute Gasteiger partial charge is 0.248 e. The third-order valence-electron chi connectivity index (χ3n) is 5.30. The van der Waals surface area contributed by atoms with Crippen LogP contribution < -0.4 is 10.6 Å². The second-order valence-corrected chi connectivity index (χ2v) is 8.28. The van der Waals surface area contributed by atoms with Crippen LogP contribution in [0.1, 0.15) is 40.9 Å². The third-order valence-corrected chi connectivity index (χ3v) is 5.64. The van der Waals surface area contributed by atoms with Crippen molar-refractivity contribution in [3.8, 4) is 5.75 Å². The highest BCUT2D eigenvalue weighted by Gasteiger charge is 2.16. The number of hydrogen-bond donors (Lipinski definition) is 4. The van der Waals surface area contributed by atoms with E-state index in [1.807, 2.05) is 25.1 Å². The molecule has 34 heavy (non-hydrogen) atoms. The number of amides is 1. The van der Waals surface area contributed by atoms with E-state index in [2.05, 4.69) is 10.6 Å². The number of hydrogen-bond acceptors (Lipinski definition) is 5. The summed E-state index contributed by atoms with van der Waals surface area (Å²) in [6, 6.07) is 20.1. The highest BCUT2D eigenvalue weighted by atomic mass is 35.5. The molecule has 1 amide bonds. The third kappa shape index (κ3) is 7.28. The summed E-state index contributed by atoms with van der Waals surface area (Å²) < 4.78 is 0. The van der Waals surface area contributed by atoms with Crippen LogP contribution in [0.5, 0.6) is 5.75 Å². The fourth-order valence-electron chi connectivity index (χ4n) is 3.36. The first-order chi connectivity index (χ1) is 16.3. The number of rotatable bonds is 10. The number of carbonyl (C=O) groups is 2. The molecule has 3 rings (SSSR count). The standard InChI is InChI=1S/C27H27ClN2O4/c1-18(27(34)20-9-12-23(31)13-10-20)29-16-15-25(32)21-6-4-7-22(17-21)30-26(33)14-11-19-5-2-3-8-24(19)28/h2-14,17-18,27,29,31,34H,15-16H2,1H3,(H,30,33)/b14-11+. The van der Waals surface area contributed by atoms with Gasteiger partial charge in [-0.25, -0.2) is 0 Å². The van der Waals surface area contributed by atoms with Gasteiger partial charge in [-0.3, -0.25) is 9.59 Å². The lowest BCUT2D eigenvalue weighted by Gasteiger charge is -2.20. The maximum Gasteiger partial charge on any atom is 0.248 e. The quantitative estimate of drug-likeness (QED) is 0.243. The maximum atomic E-state index is 12.6. The average molecular weight is 479 g/mol. The number of ketones is 1. The molecular formula is C27H27ClN2O4. The molecule has 0 bridgehead atoms. The van der Waals surface area contributed by atoms with Crippen molar-refractivity contribution in [2.75, 3.05) is 11.9 Å². The molecule has 2 unspecified atom stereocenters. The molecule has 0 aliphatic heterocycles. The number of carbonyl (C=O) groups excluding carboxylic acids is 2. The van der Waals surface area contributed by atoms with E-state index in [0.29, 0.717) is 28.4 Å². The van der Waals surface area contributed by atoms with Crippen LogP contribution in [-0.2, 0) is 4.79 Å². The molecule has 7 heteroatoms. The Labute approximate surface area is 203 Å². The molecule has 0 aliphatic carbocycles. The van der Waals surface area contributed by atoms with Crippen molar-refractivity contribution in [2.24, 2.45) is 0 Å². The largest absolute Gasteiger partial charge is 0.508 e. The molecule has 0 radical (unpaired) electrons. The Hall–Kier alpha value is -3.45. The van der Waals surface area contributed by atoms with Gasteiger partial charge in [0.25, 0.3) is 0 Å². The second-order valence-electron chi connectivity index (χ2n) is 7.88. The van der Waals surface area contributed by atoms with E-state index in [1.54, 1.807) is 48.5 Å². The maximum absolute atomic E-state index is 12.6. The highest BCUT2D eigenvalue weighted by molar-refractivity contribution is 6.32. The van der Waals surface area contributed by atoms with E-state index in [9.17, 15) is 19.8 Å². The van der Waals surface area contributed by atoms with Crippen LogP contribution in [-0.4, -0.2) is 34.5 Å². The van der Waals surface area contributed by atoms with Gasteiger partial charge in [-0.05, 0) is 54.5 Å². The van der Waals surface area contributed by atoms with Crippen LogP contribution in [0.2, 0.25) is 5.02 Å². The summed E-state index contributed by atoms with van der Waals surface area (Å²) in [7, 11) is 0. The number of anilines is 1. The molecule has 3 aromatic carbocycles. The monoisotopic (exact) mass is 478 g/mol. The van der Waals surface area contributed by atoms with Crippen molar-refractivity contribution in [1.29, 1.82) is 0 Å². The van der Waals surface area contributed by atoms with Crippen molar-refractivity contribution < 1.29 is 19.8 Å². The Morgan fingerprint density at radius 1 is 1.03 bits per heavy atom. The van der Waals surface area contributed by atoms with Crippen LogP contribution in [0, 0.1) is 0 Å². The SMILES string of the molecule is CC(NCCC(=O)c1cccc(NC(=O)/C=C/c2ccccc2Cl)c1)C(O)c1ccc(O)cc1. The summed E-state index contributed by atoms with van der Waals surface area (Å²) in [6.45, 7) is 2.21. The average Bonchev–Trinajstić information content (AvgIpc) is 2.83. The van der Waals surface area contributed by atoms with Gasteiger partial charge < -0.3 is 20.8 Å². The Morgan fingerprint density at radius 2 is 1.76 bits per heavy atom. The number of aliphatic hydroxyl groups excluding tert-OH is 1. The summed E-state index contributed by atoms with van der Waals surface area (Å²) in [5, 5.41) is 26.3. The van der Waals surface area contributed by atoms with Gasteiger partial charge in [-0.1, -0.05) is 54.1 Å². The lowest BCUT2D eigenvalue weighted by atomic mass is 10.0. The highest BCUT2D eigenvalue weighted by Crippen LogP contribution is 2.20. The van der Waals surface area contributed by atoms with Crippen molar-refractivity contribution in [1.82, 2.24) is 5.32 Å². The van der Waals surface area contributed by atoms with E-state index in [-0.39, 0.29) is 29.9 Å². The van der Waals surface area contributed by atoms with Gasteiger partial charge in [0.1, 0.15) is 5.75 Å². The van der Waals surface area contributed by atoms with Gasteiger partial charge in [0, 0.05) is 41.4 Å². The summed E-state index contributed by atoms with van der Waals surface area (Å²) in [4.78, 5) is 24.9. The lowest BCUT2D eigenvalue weighted by Crippen LogP contribution is -2.33. The number of halogens is 1. The van der Waals surface area contributed by atoms with Crippen molar-refractivity contribution in [3.63, 3.8) is 0 Å². The van der Waals surface area contributed by atoms with Crippen molar-refractivity contribution in [2.45, 2.75) is 25.5 Å². The molecule has 4 N–H and O–H groups in total. The van der Waals surface area contributed by atoms with Crippen LogP contribution in [0.15, 0.2) is 78.9 Å². The topological polar surface area (TPSA) is 98.7 Å². The van der Waals surface area contributed by atoms with Crippen molar-refractivity contribution >= 4 is 35.1 Å². The van der Waals surface area contributed by atoms with Gasteiger partial charge >= 0.3 is 0 Å². The zero-order valence-electron chi connectivity index (χ0n) is 18.7. The minimum absolute atomic E-state index is 0.0819. The van der Waals surface area contributed by atoms with Gasteiger partial charge in [-0.2, -0.15) is 0 Å². The molecular weight excluding hydrogens is 452 g/mol. The predicted octanol–water partition coefficient (Wildman–Crippen LogP) is 4.98. The minimum atomic E-state index is -0.770. The molecule has 3 aromatic rings. The molecule has 0 saturated heterocycles. The Bertz CT molecular complexity index is 1160. The zero-order chi connectivity index (χ0) is 24.5. The Morgan fingerprint density at radius 3 is 2.50 bits per heavy atom. The fourth-order valence-corrected chi connectivity index (χ4v) is 3.56. The first-order valence-electron chi connectivity index (χ1n) is 10.9.